The van der Waals surface area contributed by atoms with Crippen molar-refractivity contribution < 1.29 is 14.3 Å². The molecule has 1 saturated heterocycles. The summed E-state index contributed by atoms with van der Waals surface area (Å²) in [6.45, 7) is 2.25. The first-order chi connectivity index (χ1) is 15.5. The number of morpholine rings is 1. The van der Waals surface area contributed by atoms with Crippen LogP contribution in [-0.4, -0.2) is 59.4 Å². The maximum absolute atomic E-state index is 13.0. The number of amides is 1. The molecule has 9 heteroatoms. The number of hydrogen-bond donors (Lipinski definition) is 2. The zero-order valence-electron chi connectivity index (χ0n) is 17.5. The summed E-state index contributed by atoms with van der Waals surface area (Å²) >= 11 is 6.09. The minimum atomic E-state index is -0.101. The largest absolute Gasteiger partial charge is 0.383 e. The summed E-state index contributed by atoms with van der Waals surface area (Å²) in [6.07, 6.45) is 3.96. The van der Waals surface area contributed by atoms with E-state index in [1.54, 1.807) is 17.2 Å². The summed E-state index contributed by atoms with van der Waals surface area (Å²) in [5, 5.41) is 5.24. The summed E-state index contributed by atoms with van der Waals surface area (Å²) in [5.74, 6) is 0.680. The molecule has 1 aliphatic rings. The lowest BCUT2D eigenvalue weighted by atomic mass is 10.0. The van der Waals surface area contributed by atoms with Gasteiger partial charge in [0.15, 0.2) is 5.78 Å². The summed E-state index contributed by atoms with van der Waals surface area (Å²) in [5.41, 5.74) is 7.30. The van der Waals surface area contributed by atoms with Crippen LogP contribution in [0.15, 0.2) is 42.7 Å². The molecule has 0 atom stereocenters. The number of nitrogen functional groups attached to an aromatic ring is 1. The fourth-order valence-electron chi connectivity index (χ4n) is 3.68. The highest BCUT2D eigenvalue weighted by atomic mass is 35.5. The van der Waals surface area contributed by atoms with E-state index < -0.39 is 0 Å². The van der Waals surface area contributed by atoms with Gasteiger partial charge < -0.3 is 20.7 Å². The molecule has 0 bridgehead atoms. The highest BCUT2D eigenvalue weighted by Crippen LogP contribution is 2.23. The minimum Gasteiger partial charge on any atom is -0.383 e. The standard InChI is InChI=1S/C23H24ClN5O3/c24-17-12-19(23(27-13-17)28-14-21(31)29-7-9-32-10-8-29)20(30)4-2-15-1-3-18-16(11-15)5-6-26-22(18)25/h1,3,5-6,11-13H,2,4,7-10,14H2,(H2,25,26)(H,27,28). The number of fused-ring (bicyclic) bond motifs is 1. The fourth-order valence-corrected chi connectivity index (χ4v) is 3.83. The van der Waals surface area contributed by atoms with Crippen molar-refractivity contribution in [2.45, 2.75) is 12.8 Å². The maximum atomic E-state index is 13.0. The van der Waals surface area contributed by atoms with Crippen LogP contribution < -0.4 is 11.1 Å². The molecule has 0 unspecified atom stereocenters. The molecule has 2 aromatic heterocycles. The number of nitrogens with one attached hydrogen (secondary N) is 1. The Bertz CT molecular complexity index is 1150. The topological polar surface area (TPSA) is 110 Å². The quantitative estimate of drug-likeness (QED) is 0.529. The molecule has 1 fully saturated rings. The van der Waals surface area contributed by atoms with Gasteiger partial charge in [0, 0.05) is 37.3 Å². The second-order valence-corrected chi connectivity index (χ2v) is 8.01. The molecule has 3 N–H and O–H groups in total. The molecular weight excluding hydrogens is 430 g/mol. The van der Waals surface area contributed by atoms with Gasteiger partial charge in [-0.25, -0.2) is 9.97 Å². The number of Topliss-reactive ketones (excluding diaryl/α,β-unsaturated/α-hetero) is 1. The zero-order valence-corrected chi connectivity index (χ0v) is 18.3. The van der Waals surface area contributed by atoms with Gasteiger partial charge in [-0.2, -0.15) is 0 Å². The maximum Gasteiger partial charge on any atom is 0.242 e. The van der Waals surface area contributed by atoms with Crippen molar-refractivity contribution in [3.05, 3.63) is 58.9 Å². The van der Waals surface area contributed by atoms with Gasteiger partial charge in [-0.3, -0.25) is 9.59 Å². The number of ketones is 1. The normalized spacial score (nSPS) is 13.8. The summed E-state index contributed by atoms with van der Waals surface area (Å²) in [7, 11) is 0. The van der Waals surface area contributed by atoms with Crippen LogP contribution >= 0.6 is 11.6 Å². The van der Waals surface area contributed by atoms with Gasteiger partial charge in [-0.15, -0.1) is 0 Å². The Morgan fingerprint density at radius 3 is 2.78 bits per heavy atom. The van der Waals surface area contributed by atoms with Gasteiger partial charge in [0.2, 0.25) is 5.91 Å². The monoisotopic (exact) mass is 453 g/mol. The van der Waals surface area contributed by atoms with Crippen LogP contribution in [-0.2, 0) is 16.0 Å². The van der Waals surface area contributed by atoms with Crippen LogP contribution in [0.3, 0.4) is 0 Å². The van der Waals surface area contributed by atoms with Crippen molar-refractivity contribution >= 4 is 45.7 Å². The second-order valence-electron chi connectivity index (χ2n) is 7.57. The van der Waals surface area contributed by atoms with Gasteiger partial charge in [0.05, 0.1) is 30.3 Å². The van der Waals surface area contributed by atoms with E-state index >= 15 is 0 Å². The van der Waals surface area contributed by atoms with Gasteiger partial charge in [-0.1, -0.05) is 29.8 Å². The number of benzene rings is 1. The van der Waals surface area contributed by atoms with Crippen molar-refractivity contribution in [1.29, 1.82) is 0 Å². The number of carbonyl (C=O) groups is 2. The van der Waals surface area contributed by atoms with Crippen molar-refractivity contribution in [3.8, 4) is 0 Å². The number of aryl methyl sites for hydroxylation is 1. The van der Waals surface area contributed by atoms with Gasteiger partial charge in [-0.05, 0) is 29.5 Å². The number of pyridine rings is 2. The van der Waals surface area contributed by atoms with Crippen LogP contribution in [0, 0.1) is 0 Å². The molecular formula is C23H24ClN5O3. The van der Waals surface area contributed by atoms with E-state index in [1.165, 1.54) is 6.20 Å². The lowest BCUT2D eigenvalue weighted by Gasteiger charge is -2.27. The lowest BCUT2D eigenvalue weighted by molar-refractivity contribution is -0.133. The molecule has 32 heavy (non-hydrogen) atoms. The highest BCUT2D eigenvalue weighted by Gasteiger charge is 2.19. The molecule has 0 spiro atoms. The minimum absolute atomic E-state index is 0.0506. The number of nitrogens with two attached hydrogens (primary N) is 1. The molecule has 0 radical (unpaired) electrons. The highest BCUT2D eigenvalue weighted by molar-refractivity contribution is 6.31. The Hall–Kier alpha value is -3.23. The summed E-state index contributed by atoms with van der Waals surface area (Å²) in [4.78, 5) is 35.5. The van der Waals surface area contributed by atoms with Crippen LogP contribution in [0.5, 0.6) is 0 Å². The predicted octanol–water partition coefficient (Wildman–Crippen LogP) is 2.95. The van der Waals surface area contributed by atoms with E-state index in [-0.39, 0.29) is 24.7 Å². The van der Waals surface area contributed by atoms with Crippen molar-refractivity contribution in [2.75, 3.05) is 43.9 Å². The number of halogens is 1. The van der Waals surface area contributed by atoms with E-state index in [4.69, 9.17) is 22.1 Å². The molecule has 3 aromatic rings. The van der Waals surface area contributed by atoms with Gasteiger partial charge in [0.1, 0.15) is 11.6 Å². The Morgan fingerprint density at radius 2 is 1.97 bits per heavy atom. The lowest BCUT2D eigenvalue weighted by Crippen LogP contribution is -2.43. The number of aromatic nitrogens is 2. The first-order valence-electron chi connectivity index (χ1n) is 10.4. The first kappa shape index (κ1) is 22.0. The third-order valence-electron chi connectivity index (χ3n) is 5.43. The van der Waals surface area contributed by atoms with Gasteiger partial charge in [0.25, 0.3) is 0 Å². The van der Waals surface area contributed by atoms with Crippen LogP contribution in [0.1, 0.15) is 22.3 Å². The summed E-state index contributed by atoms with van der Waals surface area (Å²) < 4.78 is 5.27. The smallest absolute Gasteiger partial charge is 0.242 e. The van der Waals surface area contributed by atoms with Crippen LogP contribution in [0.2, 0.25) is 5.02 Å². The Balaban J connectivity index is 1.42. The summed E-state index contributed by atoms with van der Waals surface area (Å²) in [6, 6.07) is 9.36. The number of nitrogens with zero attached hydrogens (tertiary/aromatic N) is 3. The van der Waals surface area contributed by atoms with Gasteiger partial charge >= 0.3 is 0 Å². The Kier molecular flexibility index (Phi) is 6.82. The number of hydrogen-bond acceptors (Lipinski definition) is 7. The number of carbonyl (C=O) groups excluding carboxylic acids is 2. The predicted molar refractivity (Wildman–Crippen MR) is 124 cm³/mol. The first-order valence-corrected chi connectivity index (χ1v) is 10.8. The average Bonchev–Trinajstić information content (AvgIpc) is 2.82. The molecule has 1 amide bonds. The zero-order chi connectivity index (χ0) is 22.5. The van der Waals surface area contributed by atoms with E-state index in [9.17, 15) is 9.59 Å². The molecule has 1 aliphatic heterocycles. The van der Waals surface area contributed by atoms with E-state index in [1.807, 2.05) is 24.3 Å². The second kappa shape index (κ2) is 9.93. The average molecular weight is 454 g/mol. The van der Waals surface area contributed by atoms with Crippen LogP contribution in [0.4, 0.5) is 11.6 Å². The van der Waals surface area contributed by atoms with Crippen molar-refractivity contribution in [1.82, 2.24) is 14.9 Å². The molecule has 8 nitrogen and oxygen atoms in total. The molecule has 4 rings (SSSR count). The number of anilines is 2. The molecule has 0 saturated carbocycles. The third-order valence-corrected chi connectivity index (χ3v) is 5.63. The van der Waals surface area contributed by atoms with Crippen molar-refractivity contribution in [2.24, 2.45) is 0 Å². The molecule has 1 aromatic carbocycles. The third kappa shape index (κ3) is 5.15. The Morgan fingerprint density at radius 1 is 1.16 bits per heavy atom. The number of rotatable bonds is 7. The fraction of sp³-hybridized carbons (Fsp3) is 0.304. The molecule has 166 valence electrons. The van der Waals surface area contributed by atoms with Crippen molar-refractivity contribution in [3.63, 3.8) is 0 Å². The van der Waals surface area contributed by atoms with E-state index in [2.05, 4.69) is 15.3 Å². The molecule has 0 aliphatic carbocycles. The van der Waals surface area contributed by atoms with E-state index in [0.29, 0.717) is 54.9 Å². The molecule has 3 heterocycles. The SMILES string of the molecule is Nc1nccc2cc(CCC(=O)c3cc(Cl)cnc3NCC(=O)N3CCOCC3)ccc12. The number of ether oxygens (including phenoxy) is 1. The van der Waals surface area contributed by atoms with Crippen LogP contribution in [0.25, 0.3) is 10.8 Å². The van der Waals surface area contributed by atoms with E-state index in [0.717, 1.165) is 16.3 Å². The Labute approximate surface area is 190 Å².